The average molecular weight is 452 g/mol. The van der Waals surface area contributed by atoms with E-state index in [1.54, 1.807) is 0 Å². The second kappa shape index (κ2) is 11.8. The van der Waals surface area contributed by atoms with E-state index >= 15 is 0 Å². The van der Waals surface area contributed by atoms with E-state index in [2.05, 4.69) is 19.3 Å². The number of hydrogen-bond donors (Lipinski definition) is 2. The van der Waals surface area contributed by atoms with Crippen molar-refractivity contribution in [1.82, 2.24) is 5.48 Å². The molecule has 5 heteroatoms. The average Bonchev–Trinajstić information content (AvgIpc) is 2.79. The lowest BCUT2D eigenvalue weighted by Crippen LogP contribution is -2.32. The maximum atomic E-state index is 12.7. The Hall–Kier alpha value is -2.66. The zero-order chi connectivity index (χ0) is 22.9. The summed E-state index contributed by atoms with van der Waals surface area (Å²) in [6.07, 6.45) is 0.261. The summed E-state index contributed by atoms with van der Waals surface area (Å²) in [5, 5.41) is 11.5. The zero-order valence-corrected chi connectivity index (χ0v) is 19.3. The zero-order valence-electron chi connectivity index (χ0n) is 18.5. The minimum Gasteiger partial charge on any atom is -0.388 e. The number of hydroxylamine groups is 1. The van der Waals surface area contributed by atoms with E-state index in [9.17, 15) is 9.90 Å². The molecule has 2 unspecified atom stereocenters. The fourth-order valence-corrected chi connectivity index (χ4v) is 3.80. The molecule has 0 aliphatic heterocycles. The lowest BCUT2D eigenvalue weighted by molar-refractivity contribution is -0.140. The fraction of sp³-hybridized carbons (Fsp3) is 0.296. The highest BCUT2D eigenvalue weighted by Crippen LogP contribution is 2.28. The van der Waals surface area contributed by atoms with Crippen molar-refractivity contribution in [2.24, 2.45) is 11.8 Å². The predicted molar refractivity (Wildman–Crippen MR) is 129 cm³/mol. The van der Waals surface area contributed by atoms with E-state index in [0.717, 1.165) is 22.3 Å². The summed E-state index contributed by atoms with van der Waals surface area (Å²) in [6, 6.07) is 25.1. The van der Waals surface area contributed by atoms with Gasteiger partial charge in [0.1, 0.15) is 0 Å². The van der Waals surface area contributed by atoms with Gasteiger partial charge >= 0.3 is 0 Å². The molecule has 1 amide bonds. The Balaban J connectivity index is 1.60. The molecule has 0 aromatic heterocycles. The van der Waals surface area contributed by atoms with Crippen LogP contribution in [0.2, 0.25) is 5.02 Å². The third-order valence-corrected chi connectivity index (χ3v) is 5.61. The molecule has 0 spiro atoms. The topological polar surface area (TPSA) is 58.6 Å². The maximum absolute atomic E-state index is 12.7. The summed E-state index contributed by atoms with van der Waals surface area (Å²) in [5.41, 5.74) is 6.44. The summed E-state index contributed by atoms with van der Waals surface area (Å²) in [6.45, 7) is 4.44. The summed E-state index contributed by atoms with van der Waals surface area (Å²) in [4.78, 5) is 18.2. The molecule has 3 aromatic rings. The van der Waals surface area contributed by atoms with Gasteiger partial charge in [0, 0.05) is 10.9 Å². The first-order chi connectivity index (χ1) is 15.4. The Morgan fingerprint density at radius 2 is 1.50 bits per heavy atom. The third kappa shape index (κ3) is 7.20. The molecule has 0 aliphatic rings. The molecule has 0 saturated carbocycles. The first-order valence-electron chi connectivity index (χ1n) is 10.9. The minimum absolute atomic E-state index is 0.202. The SMILES string of the molecule is CC(C)CC(CC(O)c1ccc(-c2ccc(Cl)cc2)cc1)C(=O)NOCc1ccccc1. The number of aliphatic hydroxyl groups excluding tert-OH is 1. The fourth-order valence-electron chi connectivity index (χ4n) is 3.67. The largest absolute Gasteiger partial charge is 0.388 e. The number of aliphatic hydroxyl groups is 1. The number of carbonyl (C=O) groups is 1. The smallest absolute Gasteiger partial charge is 0.246 e. The van der Waals surface area contributed by atoms with Crippen molar-refractivity contribution < 1.29 is 14.7 Å². The van der Waals surface area contributed by atoms with Crippen molar-refractivity contribution in [3.63, 3.8) is 0 Å². The molecule has 0 fully saturated rings. The van der Waals surface area contributed by atoms with Gasteiger partial charge in [-0.2, -0.15) is 0 Å². The van der Waals surface area contributed by atoms with Gasteiger partial charge in [-0.15, -0.1) is 0 Å². The first kappa shape index (κ1) is 24.0. The van der Waals surface area contributed by atoms with Gasteiger partial charge < -0.3 is 5.11 Å². The van der Waals surface area contributed by atoms with Crippen molar-refractivity contribution >= 4 is 17.5 Å². The molecule has 168 valence electrons. The molecular weight excluding hydrogens is 422 g/mol. The number of carbonyl (C=O) groups excluding carboxylic acids is 1. The highest BCUT2D eigenvalue weighted by Gasteiger charge is 2.24. The Morgan fingerprint density at radius 3 is 2.09 bits per heavy atom. The normalized spacial score (nSPS) is 13.0. The standard InChI is InChI=1S/C27H30ClNO3/c1-19(2)16-24(27(31)29-32-18-20-6-4-3-5-7-20)17-26(30)23-10-8-21(9-11-23)22-12-14-25(28)15-13-22/h3-15,19,24,26,30H,16-18H2,1-2H3,(H,29,31). The molecule has 0 heterocycles. The Morgan fingerprint density at radius 1 is 0.906 bits per heavy atom. The number of hydrogen-bond acceptors (Lipinski definition) is 3. The van der Waals surface area contributed by atoms with Crippen LogP contribution in [0.3, 0.4) is 0 Å². The third-order valence-electron chi connectivity index (χ3n) is 5.36. The molecule has 3 rings (SSSR count). The van der Waals surface area contributed by atoms with Crippen LogP contribution in [0.4, 0.5) is 0 Å². The van der Waals surface area contributed by atoms with Crippen molar-refractivity contribution in [2.75, 3.05) is 0 Å². The second-order valence-electron chi connectivity index (χ2n) is 8.45. The summed E-state index contributed by atoms with van der Waals surface area (Å²) >= 11 is 5.96. The van der Waals surface area contributed by atoms with E-state index in [1.807, 2.05) is 78.9 Å². The summed E-state index contributed by atoms with van der Waals surface area (Å²) in [5.74, 6) is -0.234. The minimum atomic E-state index is -0.738. The van der Waals surface area contributed by atoms with Crippen LogP contribution >= 0.6 is 11.6 Å². The van der Waals surface area contributed by atoms with Crippen molar-refractivity contribution in [1.29, 1.82) is 0 Å². The van der Waals surface area contributed by atoms with Crippen LogP contribution in [-0.4, -0.2) is 11.0 Å². The van der Waals surface area contributed by atoms with Crippen molar-refractivity contribution in [2.45, 2.75) is 39.4 Å². The van der Waals surface area contributed by atoms with E-state index in [0.29, 0.717) is 30.4 Å². The molecule has 32 heavy (non-hydrogen) atoms. The lowest BCUT2D eigenvalue weighted by Gasteiger charge is -2.22. The van der Waals surface area contributed by atoms with Crippen molar-refractivity contribution in [3.05, 3.63) is 95.0 Å². The number of rotatable bonds is 10. The van der Waals surface area contributed by atoms with E-state index in [-0.39, 0.29) is 11.8 Å². The van der Waals surface area contributed by atoms with Crippen LogP contribution in [0.5, 0.6) is 0 Å². The first-order valence-corrected chi connectivity index (χ1v) is 11.3. The van der Waals surface area contributed by atoms with Gasteiger partial charge in [-0.25, -0.2) is 5.48 Å². The Bertz CT molecular complexity index is 972. The van der Waals surface area contributed by atoms with Crippen molar-refractivity contribution in [3.8, 4) is 11.1 Å². The second-order valence-corrected chi connectivity index (χ2v) is 8.88. The van der Waals surface area contributed by atoms with Gasteiger partial charge in [-0.3, -0.25) is 9.63 Å². The highest BCUT2D eigenvalue weighted by atomic mass is 35.5. The van der Waals surface area contributed by atoms with Crippen LogP contribution in [0.15, 0.2) is 78.9 Å². The molecule has 0 radical (unpaired) electrons. The van der Waals surface area contributed by atoms with E-state index in [4.69, 9.17) is 16.4 Å². The highest BCUT2D eigenvalue weighted by molar-refractivity contribution is 6.30. The molecule has 4 nitrogen and oxygen atoms in total. The van der Waals surface area contributed by atoms with Gasteiger partial charge in [0.2, 0.25) is 5.91 Å². The van der Waals surface area contributed by atoms with Crippen LogP contribution in [0, 0.1) is 11.8 Å². The number of nitrogens with one attached hydrogen (secondary N) is 1. The Kier molecular flexibility index (Phi) is 8.86. The molecule has 0 bridgehead atoms. The number of halogens is 1. The number of amides is 1. The predicted octanol–water partition coefficient (Wildman–Crippen LogP) is 6.34. The van der Waals surface area contributed by atoms with Gasteiger partial charge in [-0.05, 0) is 53.1 Å². The van der Waals surface area contributed by atoms with Crippen LogP contribution in [-0.2, 0) is 16.2 Å². The van der Waals surface area contributed by atoms with Crippen LogP contribution in [0.25, 0.3) is 11.1 Å². The maximum Gasteiger partial charge on any atom is 0.246 e. The van der Waals surface area contributed by atoms with E-state index in [1.165, 1.54) is 0 Å². The summed E-state index contributed by atoms with van der Waals surface area (Å²) < 4.78 is 0. The van der Waals surface area contributed by atoms with Gasteiger partial charge in [-0.1, -0.05) is 92.2 Å². The van der Waals surface area contributed by atoms with Gasteiger partial charge in [0.05, 0.1) is 12.7 Å². The van der Waals surface area contributed by atoms with Gasteiger partial charge in [0.15, 0.2) is 0 Å². The molecular formula is C27H30ClNO3. The number of benzene rings is 3. The molecule has 2 atom stereocenters. The monoisotopic (exact) mass is 451 g/mol. The van der Waals surface area contributed by atoms with Crippen LogP contribution in [0.1, 0.15) is 43.9 Å². The van der Waals surface area contributed by atoms with E-state index < -0.39 is 6.10 Å². The van der Waals surface area contributed by atoms with Crippen LogP contribution < -0.4 is 5.48 Å². The van der Waals surface area contributed by atoms with Gasteiger partial charge in [0.25, 0.3) is 0 Å². The lowest BCUT2D eigenvalue weighted by atomic mass is 9.89. The molecule has 3 aromatic carbocycles. The quantitative estimate of drug-likeness (QED) is 0.353. The molecule has 0 saturated heterocycles. The molecule has 0 aliphatic carbocycles. The Labute approximate surface area is 195 Å². The molecule has 2 N–H and O–H groups in total. The summed E-state index contributed by atoms with van der Waals surface area (Å²) in [7, 11) is 0.